The van der Waals surface area contributed by atoms with E-state index in [4.69, 9.17) is 4.74 Å². The zero-order chi connectivity index (χ0) is 25.1. The van der Waals surface area contributed by atoms with Crippen molar-refractivity contribution >= 4 is 11.6 Å². The van der Waals surface area contributed by atoms with Gasteiger partial charge in [0.15, 0.2) is 0 Å². The summed E-state index contributed by atoms with van der Waals surface area (Å²) in [4.78, 5) is 27.0. The Morgan fingerprint density at radius 3 is 2.12 bits per heavy atom. The molecule has 0 spiro atoms. The van der Waals surface area contributed by atoms with Crippen LogP contribution in [0.25, 0.3) is 0 Å². The average molecular weight is 473 g/mol. The van der Waals surface area contributed by atoms with Crippen LogP contribution >= 0.6 is 0 Å². The molecule has 1 saturated heterocycles. The van der Waals surface area contributed by atoms with Crippen LogP contribution in [0, 0.1) is 45.3 Å². The minimum atomic E-state index is -0.856. The molecule has 5 aliphatic rings. The quantitative estimate of drug-likeness (QED) is 0.525. The van der Waals surface area contributed by atoms with Crippen LogP contribution in [0.3, 0.4) is 0 Å². The van der Waals surface area contributed by atoms with Crippen LogP contribution in [0.5, 0.6) is 0 Å². The van der Waals surface area contributed by atoms with Gasteiger partial charge in [-0.3, -0.25) is 9.59 Å². The number of hydrogen-bond acceptors (Lipinski definition) is 4. The molecule has 4 saturated carbocycles. The van der Waals surface area contributed by atoms with Gasteiger partial charge in [0.1, 0.15) is 11.6 Å². The van der Waals surface area contributed by atoms with Crippen molar-refractivity contribution in [3.63, 3.8) is 0 Å². The van der Waals surface area contributed by atoms with E-state index in [0.717, 1.165) is 44.9 Å². The third-order valence-corrected chi connectivity index (χ3v) is 12.8. The van der Waals surface area contributed by atoms with E-state index in [1.165, 1.54) is 0 Å². The van der Waals surface area contributed by atoms with Crippen LogP contribution in [-0.4, -0.2) is 34.0 Å². The van der Waals surface area contributed by atoms with E-state index in [9.17, 15) is 14.7 Å². The minimum absolute atomic E-state index is 0.0313. The molecule has 4 heteroatoms. The molecular weight excluding hydrogens is 424 g/mol. The number of rotatable bonds is 2. The highest BCUT2D eigenvalue weighted by atomic mass is 16.5. The molecule has 192 valence electrons. The van der Waals surface area contributed by atoms with Crippen LogP contribution in [0.15, 0.2) is 0 Å². The highest BCUT2D eigenvalue weighted by Gasteiger charge is 2.72. The molecule has 1 aliphatic heterocycles. The molecule has 34 heavy (non-hydrogen) atoms. The van der Waals surface area contributed by atoms with Crippen molar-refractivity contribution in [2.45, 2.75) is 130 Å². The maximum Gasteiger partial charge on any atom is 0.138 e. The van der Waals surface area contributed by atoms with Crippen molar-refractivity contribution in [3.05, 3.63) is 0 Å². The number of hydrogen-bond donors (Lipinski definition) is 1. The molecule has 5 rings (SSSR count). The monoisotopic (exact) mass is 472 g/mol. The summed E-state index contributed by atoms with van der Waals surface area (Å²) in [5, 5.41) is 10.6. The summed E-state index contributed by atoms with van der Waals surface area (Å²) in [5.74, 6) is 1.84. The molecule has 0 bridgehead atoms. The van der Waals surface area contributed by atoms with Crippen molar-refractivity contribution in [1.29, 1.82) is 0 Å². The van der Waals surface area contributed by atoms with E-state index >= 15 is 0 Å². The molecule has 0 radical (unpaired) electrons. The maximum atomic E-state index is 14.1. The zero-order valence-corrected chi connectivity index (χ0v) is 22.9. The number of Topliss-reactive ketones (excluding diaryl/α,β-unsaturated/α-hetero) is 2. The van der Waals surface area contributed by atoms with E-state index < -0.39 is 5.60 Å². The van der Waals surface area contributed by atoms with Gasteiger partial charge in [0.25, 0.3) is 0 Å². The lowest BCUT2D eigenvalue weighted by atomic mass is 9.35. The Morgan fingerprint density at radius 2 is 1.50 bits per heavy atom. The molecule has 5 fully saturated rings. The molecule has 0 aromatic carbocycles. The molecular formula is C30H48O4. The van der Waals surface area contributed by atoms with Crippen molar-refractivity contribution in [2.24, 2.45) is 45.3 Å². The van der Waals surface area contributed by atoms with Crippen LogP contribution in [-0.2, 0) is 14.3 Å². The molecule has 9 atom stereocenters. The SMILES string of the molecule is CC(C)(O)[C@@H]1CCC(C)([C@H]2CC[C@]3(C)[C@@H]2C(=O)C[C@@H]2[C@@]4(C)CCC(=O)C(C)(C)[C@@H]4CC[C@]23C)O1. The van der Waals surface area contributed by atoms with E-state index in [2.05, 4.69) is 41.5 Å². The summed E-state index contributed by atoms with van der Waals surface area (Å²) in [6.45, 7) is 17.6. The van der Waals surface area contributed by atoms with Crippen LogP contribution < -0.4 is 0 Å². The summed E-state index contributed by atoms with van der Waals surface area (Å²) in [6.07, 6.45) is 8.20. The fraction of sp³-hybridized carbons (Fsp3) is 0.933. The number of carbonyl (C=O) groups excluding carboxylic acids is 2. The van der Waals surface area contributed by atoms with E-state index in [0.29, 0.717) is 36.2 Å². The van der Waals surface area contributed by atoms with Gasteiger partial charge in [0, 0.05) is 24.2 Å². The molecule has 0 amide bonds. The molecule has 1 unspecified atom stereocenters. The topological polar surface area (TPSA) is 63.6 Å². The summed E-state index contributed by atoms with van der Waals surface area (Å²) >= 11 is 0. The second kappa shape index (κ2) is 7.18. The Kier molecular flexibility index (Phi) is 5.27. The summed E-state index contributed by atoms with van der Waals surface area (Å²) in [7, 11) is 0. The van der Waals surface area contributed by atoms with Crippen molar-refractivity contribution in [2.75, 3.05) is 0 Å². The van der Waals surface area contributed by atoms with Crippen LogP contribution in [0.4, 0.5) is 0 Å². The maximum absolute atomic E-state index is 14.1. The molecule has 1 heterocycles. The second-order valence-corrected chi connectivity index (χ2v) is 15.0. The van der Waals surface area contributed by atoms with Gasteiger partial charge in [-0.2, -0.15) is 0 Å². The summed E-state index contributed by atoms with van der Waals surface area (Å²) in [5.41, 5.74) is -1.36. The fourth-order valence-electron chi connectivity index (χ4n) is 10.6. The predicted molar refractivity (Wildman–Crippen MR) is 133 cm³/mol. The Labute approximate surface area is 207 Å². The Hall–Kier alpha value is -0.740. The van der Waals surface area contributed by atoms with Crippen LogP contribution in [0.2, 0.25) is 0 Å². The van der Waals surface area contributed by atoms with Gasteiger partial charge in [0.05, 0.1) is 17.3 Å². The zero-order valence-electron chi connectivity index (χ0n) is 22.9. The molecule has 4 aliphatic carbocycles. The normalized spacial score (nSPS) is 52.8. The lowest BCUT2D eigenvalue weighted by molar-refractivity contribution is -0.208. The standard InChI is InChI=1S/C30H48O4/c1-25(2)20-10-15-28(6)21(27(20,5)13-11-22(25)32)17-19(31)24-18(9-14-29(24,28)7)30(8)16-12-23(34-30)26(3,4)33/h18,20-21,23-24,33H,9-17H2,1-8H3/t18-,20-,21+,23-,24-,27-,28+,29+,30?/m0/s1. The first-order valence-corrected chi connectivity index (χ1v) is 14.0. The number of carbonyl (C=O) groups is 2. The number of ether oxygens (including phenoxy) is 1. The Balaban J connectivity index is 1.49. The van der Waals surface area contributed by atoms with Gasteiger partial charge in [-0.1, -0.05) is 34.6 Å². The second-order valence-electron chi connectivity index (χ2n) is 15.0. The molecule has 0 aromatic heterocycles. The molecule has 0 aromatic rings. The smallest absolute Gasteiger partial charge is 0.138 e. The molecule has 4 nitrogen and oxygen atoms in total. The van der Waals surface area contributed by atoms with Gasteiger partial charge >= 0.3 is 0 Å². The van der Waals surface area contributed by atoms with E-state index in [1.807, 2.05) is 13.8 Å². The van der Waals surface area contributed by atoms with Crippen LogP contribution in [0.1, 0.15) is 113 Å². The van der Waals surface area contributed by atoms with Gasteiger partial charge in [0.2, 0.25) is 0 Å². The predicted octanol–water partition coefficient (Wildman–Crippen LogP) is 6.13. The fourth-order valence-corrected chi connectivity index (χ4v) is 10.6. The molecule has 1 N–H and O–H groups in total. The summed E-state index contributed by atoms with van der Waals surface area (Å²) in [6, 6.07) is 0. The Bertz CT molecular complexity index is 900. The van der Waals surface area contributed by atoms with Crippen molar-refractivity contribution in [1.82, 2.24) is 0 Å². The first-order chi connectivity index (χ1) is 15.5. The van der Waals surface area contributed by atoms with Gasteiger partial charge in [-0.05, 0) is 99.7 Å². The third kappa shape index (κ3) is 3.03. The van der Waals surface area contributed by atoms with E-state index in [1.54, 1.807) is 0 Å². The van der Waals surface area contributed by atoms with Crippen molar-refractivity contribution in [3.8, 4) is 0 Å². The van der Waals surface area contributed by atoms with Gasteiger partial charge in [-0.15, -0.1) is 0 Å². The number of aliphatic hydroxyl groups is 1. The van der Waals surface area contributed by atoms with Gasteiger partial charge in [-0.25, -0.2) is 0 Å². The highest BCUT2D eigenvalue weighted by Crippen LogP contribution is 2.75. The lowest BCUT2D eigenvalue weighted by Crippen LogP contribution is -2.65. The average Bonchev–Trinajstić information content (AvgIpc) is 3.30. The Morgan fingerprint density at radius 1 is 0.853 bits per heavy atom. The first-order valence-electron chi connectivity index (χ1n) is 14.0. The van der Waals surface area contributed by atoms with Crippen molar-refractivity contribution < 1.29 is 19.4 Å². The first kappa shape index (κ1) is 24.9. The number of fused-ring (bicyclic) bond motifs is 5. The third-order valence-electron chi connectivity index (χ3n) is 12.8. The number of ketones is 2. The van der Waals surface area contributed by atoms with Gasteiger partial charge < -0.3 is 9.84 Å². The van der Waals surface area contributed by atoms with E-state index in [-0.39, 0.29) is 45.2 Å². The highest BCUT2D eigenvalue weighted by molar-refractivity contribution is 5.86. The minimum Gasteiger partial charge on any atom is -0.388 e. The lowest BCUT2D eigenvalue weighted by Gasteiger charge is -2.68. The largest absolute Gasteiger partial charge is 0.388 e. The summed E-state index contributed by atoms with van der Waals surface area (Å²) < 4.78 is 6.61.